The molecule has 0 unspecified atom stereocenters. The molecule has 0 aliphatic rings. The molecule has 142 valence electrons. The maximum absolute atomic E-state index is 12.3. The zero-order chi connectivity index (χ0) is 19.8. The first-order chi connectivity index (χ1) is 13.4. The number of rotatable bonds is 4. The van der Waals surface area contributed by atoms with Crippen molar-refractivity contribution in [3.05, 3.63) is 81.1 Å². The largest absolute Gasteiger partial charge is 0.464 e. The van der Waals surface area contributed by atoms with Crippen molar-refractivity contribution in [2.24, 2.45) is 0 Å². The minimum absolute atomic E-state index is 0.0492. The Bertz CT molecular complexity index is 1270. The lowest BCUT2D eigenvalue weighted by Gasteiger charge is -2.06. The van der Waals surface area contributed by atoms with Crippen LogP contribution in [0.25, 0.3) is 16.6 Å². The van der Waals surface area contributed by atoms with Crippen molar-refractivity contribution < 1.29 is 13.9 Å². The summed E-state index contributed by atoms with van der Waals surface area (Å²) in [5.74, 6) is -0.396. The first-order valence-electron chi connectivity index (χ1n) is 9.02. The van der Waals surface area contributed by atoms with Gasteiger partial charge in [-0.05, 0) is 61.7 Å². The average Bonchev–Trinajstić information content (AvgIpc) is 3.01. The number of nitrogens with zero attached hydrogens (tertiary/aromatic N) is 2. The fraction of sp³-hybridized carbons (Fsp3) is 0.227. The number of carbonyl (C=O) groups excluding carboxylic acids is 1. The predicted octanol–water partition coefficient (Wildman–Crippen LogP) is 3.65. The molecule has 6 heteroatoms. The molecular weight excluding hydrogens is 356 g/mol. The zero-order valence-electron chi connectivity index (χ0n) is 16.0. The Labute approximate surface area is 161 Å². The minimum Gasteiger partial charge on any atom is -0.464 e. The second-order valence-corrected chi connectivity index (χ2v) is 7.05. The number of fused-ring (bicyclic) bond motifs is 2. The van der Waals surface area contributed by atoms with E-state index < -0.39 is 5.97 Å². The topological polar surface area (TPSA) is 73.8 Å². The highest BCUT2D eigenvalue weighted by Gasteiger charge is 2.13. The molecule has 0 aliphatic carbocycles. The van der Waals surface area contributed by atoms with Gasteiger partial charge >= 0.3 is 5.97 Å². The van der Waals surface area contributed by atoms with Crippen LogP contribution in [-0.4, -0.2) is 15.4 Å². The van der Waals surface area contributed by atoms with Crippen LogP contribution in [0.1, 0.15) is 27.9 Å². The van der Waals surface area contributed by atoms with Crippen molar-refractivity contribution in [1.29, 1.82) is 0 Å². The van der Waals surface area contributed by atoms with Crippen molar-refractivity contribution in [3.8, 4) is 0 Å². The van der Waals surface area contributed by atoms with Gasteiger partial charge in [-0.2, -0.15) is 0 Å². The van der Waals surface area contributed by atoms with E-state index in [9.17, 15) is 9.59 Å². The summed E-state index contributed by atoms with van der Waals surface area (Å²) in [6.07, 6.45) is 3.37. The van der Waals surface area contributed by atoms with Crippen molar-refractivity contribution >= 4 is 22.6 Å². The molecule has 0 saturated carbocycles. The number of aryl methyl sites for hydroxylation is 3. The normalized spacial score (nSPS) is 11.2. The molecule has 4 rings (SSSR count). The van der Waals surface area contributed by atoms with Crippen molar-refractivity contribution in [1.82, 2.24) is 9.38 Å². The van der Waals surface area contributed by atoms with Crippen LogP contribution >= 0.6 is 0 Å². The van der Waals surface area contributed by atoms with Gasteiger partial charge in [-0.15, -0.1) is 0 Å². The Balaban J connectivity index is 1.50. The summed E-state index contributed by atoms with van der Waals surface area (Å²) in [7, 11) is 0. The first-order valence-corrected chi connectivity index (χ1v) is 9.02. The van der Waals surface area contributed by atoms with E-state index in [1.807, 2.05) is 45.0 Å². The van der Waals surface area contributed by atoms with E-state index in [2.05, 4.69) is 4.98 Å². The molecule has 0 fully saturated rings. The molecule has 0 radical (unpaired) electrons. The number of hydrogen-bond donors (Lipinski definition) is 0. The quantitative estimate of drug-likeness (QED) is 0.508. The lowest BCUT2D eigenvalue weighted by molar-refractivity contribution is -0.144. The molecule has 3 heterocycles. The van der Waals surface area contributed by atoms with Gasteiger partial charge in [-0.1, -0.05) is 0 Å². The van der Waals surface area contributed by atoms with Gasteiger partial charge in [0.25, 0.3) is 5.56 Å². The van der Waals surface area contributed by atoms with Gasteiger partial charge in [-0.3, -0.25) is 14.0 Å². The highest BCUT2D eigenvalue weighted by atomic mass is 16.5. The predicted molar refractivity (Wildman–Crippen MR) is 105 cm³/mol. The Kier molecular flexibility index (Phi) is 4.47. The molecule has 1 aromatic carbocycles. The average molecular weight is 376 g/mol. The fourth-order valence-electron chi connectivity index (χ4n) is 3.16. The summed E-state index contributed by atoms with van der Waals surface area (Å²) >= 11 is 0. The maximum atomic E-state index is 12.3. The molecule has 0 N–H and O–H groups in total. The molecule has 0 amide bonds. The smallest absolute Gasteiger partial charge is 0.310 e. The SMILES string of the molecule is Cc1ccn2c(=O)cc(COC(=O)Cc3coc4cc(C)c(C)cc34)nc2c1. The second kappa shape index (κ2) is 6.96. The van der Waals surface area contributed by atoms with Crippen LogP contribution in [0.5, 0.6) is 0 Å². The third kappa shape index (κ3) is 3.41. The van der Waals surface area contributed by atoms with Crippen LogP contribution in [0.4, 0.5) is 0 Å². The first kappa shape index (κ1) is 18.0. The molecule has 0 saturated heterocycles. The number of esters is 1. The van der Waals surface area contributed by atoms with E-state index in [0.29, 0.717) is 11.3 Å². The Morgan fingerprint density at radius 3 is 2.75 bits per heavy atom. The standard InChI is InChI=1S/C22H20N2O4/c1-13-4-5-24-20(6-13)23-17(10-21(24)25)12-28-22(26)9-16-11-27-19-8-15(3)14(2)7-18(16)19/h4-8,10-11H,9,12H2,1-3H3. The third-order valence-corrected chi connectivity index (χ3v) is 4.86. The zero-order valence-corrected chi connectivity index (χ0v) is 16.0. The number of ether oxygens (including phenoxy) is 1. The molecule has 0 atom stereocenters. The number of pyridine rings is 1. The number of furan rings is 1. The van der Waals surface area contributed by atoms with Crippen LogP contribution < -0.4 is 5.56 Å². The van der Waals surface area contributed by atoms with E-state index in [4.69, 9.17) is 9.15 Å². The van der Waals surface area contributed by atoms with E-state index in [1.54, 1.807) is 12.5 Å². The summed E-state index contributed by atoms with van der Waals surface area (Å²) in [6, 6.07) is 9.02. The minimum atomic E-state index is -0.396. The molecule has 6 nitrogen and oxygen atoms in total. The third-order valence-electron chi connectivity index (χ3n) is 4.86. The summed E-state index contributed by atoms with van der Waals surface area (Å²) in [4.78, 5) is 28.9. The molecule has 0 spiro atoms. The van der Waals surface area contributed by atoms with Gasteiger partial charge in [-0.25, -0.2) is 4.98 Å². The lowest BCUT2D eigenvalue weighted by Crippen LogP contribution is -2.17. The number of aromatic nitrogens is 2. The summed E-state index contributed by atoms with van der Waals surface area (Å²) < 4.78 is 12.4. The van der Waals surface area contributed by atoms with Gasteiger partial charge in [0, 0.05) is 23.2 Å². The fourth-order valence-corrected chi connectivity index (χ4v) is 3.16. The summed E-state index contributed by atoms with van der Waals surface area (Å²) in [5.41, 5.74) is 5.56. The van der Waals surface area contributed by atoms with Crippen molar-refractivity contribution in [2.45, 2.75) is 33.8 Å². The lowest BCUT2D eigenvalue weighted by atomic mass is 10.0. The van der Waals surface area contributed by atoms with Crippen LogP contribution in [0.2, 0.25) is 0 Å². The van der Waals surface area contributed by atoms with Gasteiger partial charge in [0.05, 0.1) is 18.4 Å². The second-order valence-electron chi connectivity index (χ2n) is 7.05. The summed E-state index contributed by atoms with van der Waals surface area (Å²) in [6.45, 7) is 5.92. The van der Waals surface area contributed by atoms with Gasteiger partial charge < -0.3 is 9.15 Å². The Morgan fingerprint density at radius 1 is 1.14 bits per heavy atom. The van der Waals surface area contributed by atoms with Crippen molar-refractivity contribution in [3.63, 3.8) is 0 Å². The van der Waals surface area contributed by atoms with Gasteiger partial charge in [0.15, 0.2) is 0 Å². The molecule has 28 heavy (non-hydrogen) atoms. The van der Waals surface area contributed by atoms with E-state index in [1.165, 1.54) is 10.5 Å². The molecule has 4 aromatic rings. The van der Waals surface area contributed by atoms with Crippen LogP contribution in [-0.2, 0) is 22.6 Å². The van der Waals surface area contributed by atoms with Gasteiger partial charge in [0.1, 0.15) is 17.8 Å². The highest BCUT2D eigenvalue weighted by molar-refractivity contribution is 5.86. The van der Waals surface area contributed by atoms with E-state index >= 15 is 0 Å². The maximum Gasteiger partial charge on any atom is 0.310 e. The van der Waals surface area contributed by atoms with Crippen molar-refractivity contribution in [2.75, 3.05) is 0 Å². The highest BCUT2D eigenvalue weighted by Crippen LogP contribution is 2.25. The number of hydrogen-bond acceptors (Lipinski definition) is 5. The van der Waals surface area contributed by atoms with E-state index in [0.717, 1.165) is 33.2 Å². The molecule has 3 aromatic heterocycles. The van der Waals surface area contributed by atoms with E-state index in [-0.39, 0.29) is 18.6 Å². The molecule has 0 bridgehead atoms. The van der Waals surface area contributed by atoms with Crippen LogP contribution in [0, 0.1) is 20.8 Å². The number of carbonyl (C=O) groups is 1. The summed E-state index contributed by atoms with van der Waals surface area (Å²) in [5, 5.41) is 0.914. The monoisotopic (exact) mass is 376 g/mol. The van der Waals surface area contributed by atoms with Gasteiger partial charge in [0.2, 0.25) is 0 Å². The molecular formula is C22H20N2O4. The Hall–Kier alpha value is -3.41. The van der Waals surface area contributed by atoms with Crippen LogP contribution in [0.3, 0.4) is 0 Å². The van der Waals surface area contributed by atoms with Crippen LogP contribution in [0.15, 0.2) is 52.0 Å². The number of benzene rings is 1. The Morgan fingerprint density at radius 2 is 1.93 bits per heavy atom. The molecule has 0 aliphatic heterocycles.